The number of nitrogens with one attached hydrogen (secondary N) is 1. The van der Waals surface area contributed by atoms with Crippen LogP contribution in [0.15, 0.2) is 30.3 Å². The third-order valence-corrected chi connectivity index (χ3v) is 2.76. The molecule has 0 bridgehead atoms. The quantitative estimate of drug-likeness (QED) is 0.657. The van der Waals surface area contributed by atoms with Gasteiger partial charge in [-0.25, -0.2) is 0 Å². The van der Waals surface area contributed by atoms with Crippen molar-refractivity contribution in [3.63, 3.8) is 0 Å². The lowest BCUT2D eigenvalue weighted by Crippen LogP contribution is -1.93. The van der Waals surface area contributed by atoms with Crippen LogP contribution < -0.4 is 5.73 Å². The van der Waals surface area contributed by atoms with Crippen LogP contribution >= 0.6 is 11.3 Å². The average molecular weight is 176 g/mol. The summed E-state index contributed by atoms with van der Waals surface area (Å²) in [5.74, 6) is -0.601. The molecule has 0 aliphatic heterocycles. The zero-order valence-electron chi connectivity index (χ0n) is 6.20. The fourth-order valence-corrected chi connectivity index (χ4v) is 2.00. The molecular weight excluding hydrogens is 170 g/mol. The maximum Gasteiger partial charge on any atom is 0.279 e. The third-order valence-electron chi connectivity index (χ3n) is 1.65. The van der Waals surface area contributed by atoms with E-state index in [0.29, 0.717) is 4.88 Å². The largest absolute Gasteiger partial charge is 0.279 e. The van der Waals surface area contributed by atoms with E-state index in [1.165, 1.54) is 11.3 Å². The minimum absolute atomic E-state index is 0.510. The topological polar surface area (TPSA) is 40.9 Å². The molecule has 1 aromatic heterocycles. The zero-order chi connectivity index (χ0) is 8.55. The van der Waals surface area contributed by atoms with Crippen LogP contribution in [0.4, 0.5) is 0 Å². The smallest absolute Gasteiger partial charge is 0.266 e. The molecule has 2 aromatic rings. The lowest BCUT2D eigenvalue weighted by Gasteiger charge is -1.82. The van der Waals surface area contributed by atoms with Crippen LogP contribution in [0.3, 0.4) is 0 Å². The standard InChI is InChI=1S/C9H6NOS/c10-9(11)8-5-6-3-1-2-4-7(6)12-8/h1-5,10H. The summed E-state index contributed by atoms with van der Waals surface area (Å²) < 4.78 is 1.06. The second-order valence-corrected chi connectivity index (χ2v) is 3.56. The highest BCUT2D eigenvalue weighted by molar-refractivity contribution is 7.20. The second-order valence-electron chi connectivity index (χ2n) is 2.48. The van der Waals surface area contributed by atoms with Gasteiger partial charge in [0.1, 0.15) is 0 Å². The van der Waals surface area contributed by atoms with Crippen LogP contribution in [-0.4, -0.2) is 5.91 Å². The van der Waals surface area contributed by atoms with Gasteiger partial charge in [0.15, 0.2) is 0 Å². The first kappa shape index (κ1) is 7.31. The van der Waals surface area contributed by atoms with E-state index in [0.717, 1.165) is 10.1 Å². The Hall–Kier alpha value is -1.35. The van der Waals surface area contributed by atoms with Crippen LogP contribution in [0.2, 0.25) is 0 Å². The molecule has 0 saturated carbocycles. The first-order valence-electron chi connectivity index (χ1n) is 3.52. The molecule has 1 heterocycles. The molecule has 1 N–H and O–H groups in total. The van der Waals surface area contributed by atoms with Crippen LogP contribution in [0.25, 0.3) is 10.1 Å². The monoisotopic (exact) mass is 176 g/mol. The molecule has 2 rings (SSSR count). The summed E-state index contributed by atoms with van der Waals surface area (Å²) in [7, 11) is 0. The minimum Gasteiger partial charge on any atom is -0.266 e. The van der Waals surface area contributed by atoms with Crippen molar-refractivity contribution in [3.8, 4) is 0 Å². The van der Waals surface area contributed by atoms with Crippen molar-refractivity contribution in [2.75, 3.05) is 0 Å². The van der Waals surface area contributed by atoms with Crippen LogP contribution in [0, 0.1) is 0 Å². The molecular formula is C9H6NOS. The van der Waals surface area contributed by atoms with Gasteiger partial charge in [0.2, 0.25) is 0 Å². The number of rotatable bonds is 1. The Bertz CT molecular complexity index is 400. The van der Waals surface area contributed by atoms with Crippen LogP contribution in [0.5, 0.6) is 0 Å². The highest BCUT2D eigenvalue weighted by Gasteiger charge is 2.05. The molecule has 0 unspecified atom stereocenters. The second kappa shape index (κ2) is 2.60. The summed E-state index contributed by atoms with van der Waals surface area (Å²) in [5, 5.41) is 1.04. The van der Waals surface area contributed by atoms with Gasteiger partial charge in [-0.2, -0.15) is 0 Å². The number of thiophene rings is 1. The Kier molecular flexibility index (Phi) is 1.59. The van der Waals surface area contributed by atoms with Crippen molar-refractivity contribution in [2.45, 2.75) is 0 Å². The summed E-state index contributed by atoms with van der Waals surface area (Å²) in [6.45, 7) is 0. The Morgan fingerprint density at radius 2 is 2.08 bits per heavy atom. The van der Waals surface area contributed by atoms with Gasteiger partial charge in [-0.15, -0.1) is 11.3 Å². The van der Waals surface area contributed by atoms with Crippen LogP contribution in [-0.2, 0) is 0 Å². The van der Waals surface area contributed by atoms with Crippen molar-refractivity contribution in [1.29, 1.82) is 0 Å². The minimum atomic E-state index is -0.601. The van der Waals surface area contributed by atoms with E-state index in [9.17, 15) is 4.79 Å². The maximum atomic E-state index is 10.7. The SMILES string of the molecule is [NH]C(=O)c1cc2ccccc2s1. The summed E-state index contributed by atoms with van der Waals surface area (Å²) in [4.78, 5) is 11.2. The Morgan fingerprint density at radius 1 is 1.33 bits per heavy atom. The third kappa shape index (κ3) is 1.08. The zero-order valence-corrected chi connectivity index (χ0v) is 7.02. The molecule has 2 nitrogen and oxygen atoms in total. The van der Waals surface area contributed by atoms with Crippen molar-refractivity contribution < 1.29 is 4.79 Å². The van der Waals surface area contributed by atoms with Gasteiger partial charge in [-0.1, -0.05) is 18.2 Å². The molecule has 0 aliphatic carbocycles. The molecule has 1 radical (unpaired) electrons. The molecule has 1 amide bonds. The number of hydrogen-bond donors (Lipinski definition) is 0. The Balaban J connectivity index is 2.70. The van der Waals surface area contributed by atoms with Crippen molar-refractivity contribution in [2.24, 2.45) is 0 Å². The van der Waals surface area contributed by atoms with E-state index >= 15 is 0 Å². The van der Waals surface area contributed by atoms with E-state index in [1.54, 1.807) is 6.07 Å². The van der Waals surface area contributed by atoms with Gasteiger partial charge in [-0.05, 0) is 17.5 Å². The van der Waals surface area contributed by atoms with E-state index in [-0.39, 0.29) is 0 Å². The van der Waals surface area contributed by atoms with Gasteiger partial charge >= 0.3 is 0 Å². The lowest BCUT2D eigenvalue weighted by atomic mass is 10.2. The Morgan fingerprint density at radius 3 is 2.75 bits per heavy atom. The molecule has 59 valence electrons. The normalized spacial score (nSPS) is 10.3. The predicted octanol–water partition coefficient (Wildman–Crippen LogP) is 2.32. The molecule has 1 aromatic carbocycles. The molecule has 0 aliphatic rings. The van der Waals surface area contributed by atoms with Crippen molar-refractivity contribution >= 4 is 27.3 Å². The molecule has 3 heteroatoms. The molecule has 12 heavy (non-hydrogen) atoms. The van der Waals surface area contributed by atoms with Gasteiger partial charge in [0, 0.05) is 4.70 Å². The molecule has 0 atom stereocenters. The number of carbonyl (C=O) groups is 1. The van der Waals surface area contributed by atoms with Crippen molar-refractivity contribution in [3.05, 3.63) is 35.2 Å². The fourth-order valence-electron chi connectivity index (χ4n) is 1.09. The number of amides is 1. The summed E-state index contributed by atoms with van der Waals surface area (Å²) >= 11 is 1.37. The number of fused-ring (bicyclic) bond motifs is 1. The van der Waals surface area contributed by atoms with E-state index < -0.39 is 5.91 Å². The van der Waals surface area contributed by atoms with Gasteiger partial charge in [0.25, 0.3) is 5.91 Å². The predicted molar refractivity (Wildman–Crippen MR) is 49.3 cm³/mol. The van der Waals surface area contributed by atoms with Gasteiger partial charge in [0.05, 0.1) is 4.88 Å². The number of hydrogen-bond acceptors (Lipinski definition) is 2. The Labute approximate surface area is 73.6 Å². The first-order chi connectivity index (χ1) is 5.77. The highest BCUT2D eigenvalue weighted by Crippen LogP contribution is 2.24. The first-order valence-corrected chi connectivity index (χ1v) is 4.33. The average Bonchev–Trinajstić information content (AvgIpc) is 2.46. The lowest BCUT2D eigenvalue weighted by molar-refractivity contribution is 0.0996. The fraction of sp³-hybridized carbons (Fsp3) is 0. The number of benzene rings is 1. The van der Waals surface area contributed by atoms with Gasteiger partial charge < -0.3 is 0 Å². The highest BCUT2D eigenvalue weighted by atomic mass is 32.1. The maximum absolute atomic E-state index is 10.7. The molecule has 0 saturated heterocycles. The van der Waals surface area contributed by atoms with Gasteiger partial charge in [-0.3, -0.25) is 10.5 Å². The van der Waals surface area contributed by atoms with E-state index in [1.807, 2.05) is 24.3 Å². The van der Waals surface area contributed by atoms with E-state index in [4.69, 9.17) is 5.73 Å². The molecule has 0 spiro atoms. The van der Waals surface area contributed by atoms with E-state index in [2.05, 4.69) is 0 Å². The van der Waals surface area contributed by atoms with Crippen molar-refractivity contribution in [1.82, 2.24) is 5.73 Å². The van der Waals surface area contributed by atoms with Crippen LogP contribution in [0.1, 0.15) is 9.67 Å². The summed E-state index contributed by atoms with van der Waals surface area (Å²) in [5.41, 5.74) is 6.92. The number of carbonyl (C=O) groups excluding carboxylic acids is 1. The summed E-state index contributed by atoms with van der Waals surface area (Å²) in [6.07, 6.45) is 0. The summed E-state index contributed by atoms with van der Waals surface area (Å²) in [6, 6.07) is 9.50. The molecule has 0 fully saturated rings.